The molecule has 0 atom stereocenters. The Morgan fingerprint density at radius 3 is 2.38 bits per heavy atom. The molecule has 37 heavy (non-hydrogen) atoms. The quantitative estimate of drug-likeness (QED) is 0.283. The van der Waals surface area contributed by atoms with Crippen LogP contribution in [-0.2, 0) is 11.2 Å². The van der Waals surface area contributed by atoms with Crippen molar-refractivity contribution in [1.29, 1.82) is 0 Å². The fraction of sp³-hybridized carbons (Fsp3) is 0.179. The lowest BCUT2D eigenvalue weighted by Gasteiger charge is -2.21. The predicted octanol–water partition coefficient (Wildman–Crippen LogP) is 5.63. The van der Waals surface area contributed by atoms with E-state index in [2.05, 4.69) is 17.2 Å². The lowest BCUT2D eigenvalue weighted by molar-refractivity contribution is -0.130. The number of ether oxygens (including phenoxy) is 1. The highest BCUT2D eigenvalue weighted by Crippen LogP contribution is 2.24. The zero-order chi connectivity index (χ0) is 26.8. The summed E-state index contributed by atoms with van der Waals surface area (Å²) in [6, 6.07) is 18.1. The molecule has 0 heterocycles. The molecule has 3 amide bonds. The Bertz CT molecular complexity index is 1280. The number of para-hydroxylation sites is 1. The van der Waals surface area contributed by atoms with Crippen molar-refractivity contribution in [2.75, 3.05) is 30.3 Å². The van der Waals surface area contributed by atoms with E-state index in [9.17, 15) is 14.4 Å². The van der Waals surface area contributed by atoms with Crippen LogP contribution in [0.2, 0.25) is 5.02 Å². The average Bonchev–Trinajstić information content (AvgIpc) is 2.87. The Hall–Kier alpha value is -4.30. The molecule has 9 heteroatoms. The minimum atomic E-state index is -1.01. The van der Waals surface area contributed by atoms with E-state index in [0.717, 1.165) is 5.56 Å². The van der Waals surface area contributed by atoms with E-state index in [1.807, 2.05) is 25.1 Å². The van der Waals surface area contributed by atoms with Crippen molar-refractivity contribution >= 4 is 40.9 Å². The SMILES string of the molecule is C=CCN(CCOc1ccc(C(=O)O)cc1)C(=O)Cc1ccc(NC(=O)Nc2ccccc2C)c(Cl)c1. The molecule has 0 aliphatic carbocycles. The van der Waals surface area contributed by atoms with Crippen molar-refractivity contribution < 1.29 is 24.2 Å². The molecule has 0 aliphatic heterocycles. The topological polar surface area (TPSA) is 108 Å². The molecule has 0 aromatic heterocycles. The largest absolute Gasteiger partial charge is 0.492 e. The number of amides is 3. The number of carbonyl (C=O) groups excluding carboxylic acids is 2. The van der Waals surface area contributed by atoms with Crippen molar-refractivity contribution in [3.05, 3.63) is 101 Å². The number of hydrogen-bond acceptors (Lipinski definition) is 4. The van der Waals surface area contributed by atoms with E-state index in [-0.39, 0.29) is 24.5 Å². The van der Waals surface area contributed by atoms with Crippen molar-refractivity contribution in [3.8, 4) is 5.75 Å². The molecule has 0 spiro atoms. The van der Waals surface area contributed by atoms with Crippen LogP contribution in [0.5, 0.6) is 5.75 Å². The van der Waals surface area contributed by atoms with Crippen LogP contribution in [0.25, 0.3) is 0 Å². The van der Waals surface area contributed by atoms with Crippen LogP contribution in [0.1, 0.15) is 21.5 Å². The van der Waals surface area contributed by atoms with Gasteiger partial charge < -0.3 is 25.4 Å². The van der Waals surface area contributed by atoms with Gasteiger partial charge in [-0.25, -0.2) is 9.59 Å². The highest BCUT2D eigenvalue weighted by molar-refractivity contribution is 6.33. The number of nitrogens with one attached hydrogen (secondary N) is 2. The number of hydrogen-bond donors (Lipinski definition) is 3. The summed E-state index contributed by atoms with van der Waals surface area (Å²) in [6.45, 7) is 6.50. The van der Waals surface area contributed by atoms with Gasteiger partial charge in [-0.3, -0.25) is 4.79 Å². The van der Waals surface area contributed by atoms with Crippen LogP contribution in [0.3, 0.4) is 0 Å². The van der Waals surface area contributed by atoms with Gasteiger partial charge in [0, 0.05) is 12.2 Å². The maximum absolute atomic E-state index is 12.9. The van der Waals surface area contributed by atoms with Crippen molar-refractivity contribution in [1.82, 2.24) is 4.90 Å². The lowest BCUT2D eigenvalue weighted by atomic mass is 10.1. The van der Waals surface area contributed by atoms with Gasteiger partial charge in [0.2, 0.25) is 5.91 Å². The zero-order valence-electron chi connectivity index (χ0n) is 20.4. The van der Waals surface area contributed by atoms with E-state index in [0.29, 0.717) is 40.8 Å². The number of carboxylic acids is 1. The van der Waals surface area contributed by atoms with Crippen LogP contribution in [0, 0.1) is 6.92 Å². The number of rotatable bonds is 11. The van der Waals surface area contributed by atoms with Gasteiger partial charge in [-0.05, 0) is 60.5 Å². The first-order valence-electron chi connectivity index (χ1n) is 11.5. The minimum absolute atomic E-state index is 0.108. The minimum Gasteiger partial charge on any atom is -0.492 e. The molecule has 8 nitrogen and oxygen atoms in total. The van der Waals surface area contributed by atoms with E-state index in [4.69, 9.17) is 21.4 Å². The molecule has 0 unspecified atom stereocenters. The summed E-state index contributed by atoms with van der Waals surface area (Å²) in [6.07, 6.45) is 1.74. The predicted molar refractivity (Wildman–Crippen MR) is 145 cm³/mol. The number of carboxylic acid groups (broad SMARTS) is 1. The maximum atomic E-state index is 12.9. The van der Waals surface area contributed by atoms with Gasteiger partial charge in [0.15, 0.2) is 0 Å². The molecule has 0 bridgehead atoms. The second-order valence-corrected chi connectivity index (χ2v) is 8.60. The Balaban J connectivity index is 1.54. The number of anilines is 2. The molecular weight excluding hydrogens is 494 g/mol. The molecule has 3 rings (SSSR count). The van der Waals surface area contributed by atoms with E-state index >= 15 is 0 Å². The number of aryl methyl sites for hydroxylation is 1. The molecule has 3 N–H and O–H groups in total. The monoisotopic (exact) mass is 521 g/mol. The van der Waals surface area contributed by atoms with Crippen LogP contribution in [0.15, 0.2) is 79.4 Å². The fourth-order valence-electron chi connectivity index (χ4n) is 3.49. The number of carbonyl (C=O) groups is 3. The van der Waals surface area contributed by atoms with Gasteiger partial charge in [0.1, 0.15) is 12.4 Å². The van der Waals surface area contributed by atoms with Gasteiger partial charge in [-0.2, -0.15) is 0 Å². The van der Waals surface area contributed by atoms with Gasteiger partial charge in [0.25, 0.3) is 0 Å². The third-order valence-electron chi connectivity index (χ3n) is 5.46. The third-order valence-corrected chi connectivity index (χ3v) is 5.78. The number of benzene rings is 3. The number of nitrogens with zero attached hydrogens (tertiary/aromatic N) is 1. The Labute approximate surface area is 220 Å². The van der Waals surface area contributed by atoms with Gasteiger partial charge >= 0.3 is 12.0 Å². The Kier molecular flexibility index (Phi) is 9.69. The van der Waals surface area contributed by atoms with Crippen LogP contribution < -0.4 is 15.4 Å². The van der Waals surface area contributed by atoms with Gasteiger partial charge in [0.05, 0.1) is 29.2 Å². The summed E-state index contributed by atoms with van der Waals surface area (Å²) in [5.74, 6) is -0.639. The second kappa shape index (κ2) is 13.1. The Morgan fingerprint density at radius 2 is 1.73 bits per heavy atom. The zero-order valence-corrected chi connectivity index (χ0v) is 21.1. The number of halogens is 1. The molecule has 192 valence electrons. The molecule has 0 radical (unpaired) electrons. The molecule has 0 aliphatic rings. The Morgan fingerprint density at radius 1 is 1.03 bits per heavy atom. The van der Waals surface area contributed by atoms with E-state index < -0.39 is 12.0 Å². The van der Waals surface area contributed by atoms with Gasteiger partial charge in [-0.15, -0.1) is 6.58 Å². The summed E-state index contributed by atoms with van der Waals surface area (Å²) in [5, 5.41) is 14.8. The fourth-order valence-corrected chi connectivity index (χ4v) is 3.74. The molecular formula is C28H28ClN3O5. The van der Waals surface area contributed by atoms with Crippen LogP contribution in [0.4, 0.5) is 16.2 Å². The first-order valence-corrected chi connectivity index (χ1v) is 11.9. The highest BCUT2D eigenvalue weighted by Gasteiger charge is 2.15. The molecule has 0 fully saturated rings. The van der Waals surface area contributed by atoms with E-state index in [1.165, 1.54) is 12.1 Å². The molecule has 3 aromatic carbocycles. The summed E-state index contributed by atoms with van der Waals surface area (Å²) < 4.78 is 5.65. The summed E-state index contributed by atoms with van der Waals surface area (Å²) in [7, 11) is 0. The average molecular weight is 522 g/mol. The smallest absolute Gasteiger partial charge is 0.335 e. The molecule has 0 saturated heterocycles. The highest BCUT2D eigenvalue weighted by atomic mass is 35.5. The molecule has 0 saturated carbocycles. The first kappa shape index (κ1) is 27.3. The van der Waals surface area contributed by atoms with Crippen LogP contribution >= 0.6 is 11.6 Å². The molecule has 3 aromatic rings. The lowest BCUT2D eigenvalue weighted by Crippen LogP contribution is -2.35. The van der Waals surface area contributed by atoms with Crippen molar-refractivity contribution in [3.63, 3.8) is 0 Å². The number of aromatic carboxylic acids is 1. The van der Waals surface area contributed by atoms with Crippen LogP contribution in [-0.4, -0.2) is 47.6 Å². The van der Waals surface area contributed by atoms with Gasteiger partial charge in [-0.1, -0.05) is 41.9 Å². The normalized spacial score (nSPS) is 10.3. The standard InChI is InChI=1S/C28H28ClN3O5/c1-3-14-32(15-16-37-22-11-9-21(10-12-22)27(34)35)26(33)18-20-8-13-25(23(29)17-20)31-28(36)30-24-7-5-4-6-19(24)2/h3-13,17H,1,14-16,18H2,2H3,(H,34,35)(H2,30,31,36). The number of urea groups is 1. The first-order chi connectivity index (χ1) is 17.8. The summed E-state index contributed by atoms with van der Waals surface area (Å²) in [4.78, 5) is 37.8. The van der Waals surface area contributed by atoms with Crippen molar-refractivity contribution in [2.45, 2.75) is 13.3 Å². The van der Waals surface area contributed by atoms with Crippen molar-refractivity contribution in [2.24, 2.45) is 0 Å². The summed E-state index contributed by atoms with van der Waals surface area (Å²) >= 11 is 6.37. The van der Waals surface area contributed by atoms with E-state index in [1.54, 1.807) is 47.4 Å². The summed E-state index contributed by atoms with van der Waals surface area (Å²) in [5.41, 5.74) is 2.92. The third kappa shape index (κ3) is 8.12. The maximum Gasteiger partial charge on any atom is 0.335 e. The second-order valence-electron chi connectivity index (χ2n) is 8.19.